The number of hydrogen-bond donors (Lipinski definition) is 0. The van der Waals surface area contributed by atoms with Crippen molar-refractivity contribution in [2.45, 2.75) is 39.3 Å². The summed E-state index contributed by atoms with van der Waals surface area (Å²) >= 11 is 3.47. The minimum absolute atomic E-state index is 0.172. The molecule has 0 bridgehead atoms. The van der Waals surface area contributed by atoms with Crippen LogP contribution in [0.4, 0.5) is 4.79 Å². The van der Waals surface area contributed by atoms with E-state index >= 15 is 0 Å². The molecule has 3 rings (SSSR count). The lowest BCUT2D eigenvalue weighted by Crippen LogP contribution is -2.60. The highest BCUT2D eigenvalue weighted by molar-refractivity contribution is 9.10. The number of rotatable bonds is 2. The van der Waals surface area contributed by atoms with Gasteiger partial charge >= 0.3 is 6.09 Å². The van der Waals surface area contributed by atoms with E-state index in [0.29, 0.717) is 0 Å². The minimum atomic E-state index is -0.414. The van der Waals surface area contributed by atoms with Crippen LogP contribution in [-0.4, -0.2) is 47.7 Å². The van der Waals surface area contributed by atoms with Gasteiger partial charge in [0.05, 0.1) is 0 Å². The third-order valence-corrected chi connectivity index (χ3v) is 5.07. The van der Waals surface area contributed by atoms with Crippen molar-refractivity contribution in [2.75, 3.05) is 26.2 Å². The molecule has 4 nitrogen and oxygen atoms in total. The van der Waals surface area contributed by atoms with Crippen LogP contribution in [-0.2, 0) is 11.3 Å². The summed E-state index contributed by atoms with van der Waals surface area (Å²) in [5.41, 5.74) is 1.21. The number of nitrogens with zero attached hydrogens (tertiary/aromatic N) is 2. The Labute approximate surface area is 146 Å². The first-order valence-electron chi connectivity index (χ1n) is 8.20. The van der Waals surface area contributed by atoms with Gasteiger partial charge < -0.3 is 9.64 Å². The van der Waals surface area contributed by atoms with Crippen molar-refractivity contribution in [2.24, 2.45) is 5.41 Å². The summed E-state index contributed by atoms with van der Waals surface area (Å²) in [5.74, 6) is 0. The summed E-state index contributed by atoms with van der Waals surface area (Å²) in [6.07, 6.45) is 0.998. The maximum Gasteiger partial charge on any atom is 0.410 e. The van der Waals surface area contributed by atoms with Crippen LogP contribution in [0.2, 0.25) is 0 Å². The molecule has 1 amide bonds. The molecule has 1 spiro atoms. The average Bonchev–Trinajstić information content (AvgIpc) is 2.82. The van der Waals surface area contributed by atoms with Gasteiger partial charge in [-0.15, -0.1) is 0 Å². The summed E-state index contributed by atoms with van der Waals surface area (Å²) in [7, 11) is 0. The van der Waals surface area contributed by atoms with E-state index in [0.717, 1.165) is 37.2 Å². The smallest absolute Gasteiger partial charge is 0.410 e. The number of carbonyl (C=O) groups is 1. The first kappa shape index (κ1) is 16.8. The number of halogens is 1. The predicted molar refractivity (Wildman–Crippen MR) is 94.3 cm³/mol. The van der Waals surface area contributed by atoms with Crippen LogP contribution < -0.4 is 0 Å². The Hall–Kier alpha value is -1.07. The fraction of sp³-hybridized carbons (Fsp3) is 0.611. The molecule has 0 N–H and O–H groups in total. The molecule has 0 atom stereocenters. The molecule has 2 aliphatic rings. The van der Waals surface area contributed by atoms with E-state index in [-0.39, 0.29) is 11.5 Å². The fourth-order valence-corrected chi connectivity index (χ4v) is 3.75. The molecule has 2 heterocycles. The van der Waals surface area contributed by atoms with Gasteiger partial charge in [0.1, 0.15) is 5.60 Å². The third-order valence-electron chi connectivity index (χ3n) is 4.54. The van der Waals surface area contributed by atoms with Crippen LogP contribution in [0.15, 0.2) is 28.7 Å². The molecule has 23 heavy (non-hydrogen) atoms. The van der Waals surface area contributed by atoms with Gasteiger partial charge in [0.25, 0.3) is 0 Å². The standard InChI is InChI=1S/C18H25BrN2O2/c1-17(2,3)23-16(22)21-12-18(13-21)8-9-20(11-18)10-14-4-6-15(19)7-5-14/h4-7H,8-13H2,1-3H3. The molecule has 1 aromatic carbocycles. The van der Waals surface area contributed by atoms with E-state index in [4.69, 9.17) is 4.74 Å². The number of carbonyl (C=O) groups excluding carboxylic acids is 1. The van der Waals surface area contributed by atoms with E-state index in [1.54, 1.807) is 0 Å². The zero-order valence-corrected chi connectivity index (χ0v) is 15.7. The van der Waals surface area contributed by atoms with Crippen molar-refractivity contribution in [3.8, 4) is 0 Å². The highest BCUT2D eigenvalue weighted by atomic mass is 79.9. The molecule has 2 saturated heterocycles. The van der Waals surface area contributed by atoms with Gasteiger partial charge in [0.15, 0.2) is 0 Å². The average molecular weight is 381 g/mol. The summed E-state index contributed by atoms with van der Waals surface area (Å²) in [5, 5.41) is 0. The monoisotopic (exact) mass is 380 g/mol. The molecule has 5 heteroatoms. The molecule has 2 fully saturated rings. The van der Waals surface area contributed by atoms with Crippen LogP contribution in [0.1, 0.15) is 32.8 Å². The molecule has 1 aromatic rings. The van der Waals surface area contributed by atoms with Crippen LogP contribution in [0.5, 0.6) is 0 Å². The van der Waals surface area contributed by atoms with Crippen molar-refractivity contribution in [1.29, 1.82) is 0 Å². The highest BCUT2D eigenvalue weighted by Crippen LogP contribution is 2.40. The molecule has 0 unspecified atom stereocenters. The van der Waals surface area contributed by atoms with Crippen molar-refractivity contribution in [3.63, 3.8) is 0 Å². The minimum Gasteiger partial charge on any atom is -0.444 e. The second-order valence-corrected chi connectivity index (χ2v) is 8.84. The summed E-state index contributed by atoms with van der Waals surface area (Å²) in [6, 6.07) is 8.52. The topological polar surface area (TPSA) is 32.8 Å². The Balaban J connectivity index is 1.49. The predicted octanol–water partition coefficient (Wildman–Crippen LogP) is 3.89. The van der Waals surface area contributed by atoms with Crippen LogP contribution in [0, 0.1) is 5.41 Å². The lowest BCUT2D eigenvalue weighted by Gasteiger charge is -2.47. The van der Waals surface area contributed by atoms with Gasteiger partial charge in [-0.3, -0.25) is 4.90 Å². The highest BCUT2D eigenvalue weighted by Gasteiger charge is 2.50. The van der Waals surface area contributed by atoms with Crippen LogP contribution in [0.3, 0.4) is 0 Å². The first-order valence-corrected chi connectivity index (χ1v) is 8.99. The van der Waals surface area contributed by atoms with Crippen LogP contribution in [0.25, 0.3) is 0 Å². The molecular formula is C18H25BrN2O2. The molecule has 0 saturated carbocycles. The molecule has 2 aliphatic heterocycles. The van der Waals surface area contributed by atoms with Gasteiger partial charge in [-0.2, -0.15) is 0 Å². The lowest BCUT2D eigenvalue weighted by atomic mass is 9.79. The van der Waals surface area contributed by atoms with E-state index in [1.165, 1.54) is 12.0 Å². The van der Waals surface area contributed by atoms with Gasteiger partial charge in [0, 0.05) is 36.1 Å². The maximum absolute atomic E-state index is 12.1. The normalized spacial score (nSPS) is 20.6. The Kier molecular flexibility index (Phi) is 4.45. The van der Waals surface area contributed by atoms with E-state index < -0.39 is 5.60 Å². The molecule has 0 radical (unpaired) electrons. The number of amides is 1. The maximum atomic E-state index is 12.1. The van der Waals surface area contributed by atoms with Crippen molar-refractivity contribution < 1.29 is 9.53 Å². The van der Waals surface area contributed by atoms with Crippen molar-refractivity contribution >= 4 is 22.0 Å². The van der Waals surface area contributed by atoms with Gasteiger partial charge in [-0.25, -0.2) is 4.79 Å². The molecule has 126 valence electrons. The number of likely N-dealkylation sites (tertiary alicyclic amines) is 2. The second kappa shape index (κ2) is 6.10. The van der Waals surface area contributed by atoms with Gasteiger partial charge in [0.2, 0.25) is 0 Å². The van der Waals surface area contributed by atoms with Crippen molar-refractivity contribution in [3.05, 3.63) is 34.3 Å². The van der Waals surface area contributed by atoms with Gasteiger partial charge in [-0.05, 0) is 51.4 Å². The molecule has 0 aromatic heterocycles. The largest absolute Gasteiger partial charge is 0.444 e. The number of hydrogen-bond acceptors (Lipinski definition) is 3. The SMILES string of the molecule is CC(C)(C)OC(=O)N1CC2(CCN(Cc3ccc(Br)cc3)C2)C1. The zero-order chi connectivity index (χ0) is 16.7. The van der Waals surface area contributed by atoms with E-state index in [2.05, 4.69) is 45.1 Å². The Morgan fingerprint density at radius 3 is 2.48 bits per heavy atom. The molecular weight excluding hydrogens is 356 g/mol. The Morgan fingerprint density at radius 1 is 1.22 bits per heavy atom. The quantitative estimate of drug-likeness (QED) is 0.779. The Morgan fingerprint density at radius 2 is 1.87 bits per heavy atom. The summed E-state index contributed by atoms with van der Waals surface area (Å²) in [4.78, 5) is 16.4. The van der Waals surface area contributed by atoms with Crippen LogP contribution >= 0.6 is 15.9 Å². The first-order chi connectivity index (χ1) is 10.7. The van der Waals surface area contributed by atoms with E-state index in [9.17, 15) is 4.79 Å². The summed E-state index contributed by atoms with van der Waals surface area (Å²) < 4.78 is 6.56. The lowest BCUT2D eigenvalue weighted by molar-refractivity contribution is -0.0306. The molecule has 0 aliphatic carbocycles. The van der Waals surface area contributed by atoms with Crippen molar-refractivity contribution in [1.82, 2.24) is 9.80 Å². The number of ether oxygens (including phenoxy) is 1. The van der Waals surface area contributed by atoms with E-state index in [1.807, 2.05) is 25.7 Å². The zero-order valence-electron chi connectivity index (χ0n) is 14.1. The fourth-order valence-electron chi connectivity index (χ4n) is 3.49. The summed E-state index contributed by atoms with van der Waals surface area (Å²) in [6.45, 7) is 10.6. The third kappa shape index (κ3) is 4.07. The number of benzene rings is 1. The van der Waals surface area contributed by atoms with Gasteiger partial charge in [-0.1, -0.05) is 28.1 Å². The Bertz CT molecular complexity index is 574. The second-order valence-electron chi connectivity index (χ2n) is 7.92.